The molecule has 0 radical (unpaired) electrons. The molecule has 2 saturated heterocycles. The van der Waals surface area contributed by atoms with Gasteiger partial charge in [-0.15, -0.1) is 0 Å². The predicted octanol–water partition coefficient (Wildman–Crippen LogP) is 9.59. The van der Waals surface area contributed by atoms with Gasteiger partial charge in [0.25, 0.3) is 0 Å². The normalized spacial score (nSPS) is 26.2. The third-order valence-corrected chi connectivity index (χ3v) is 12.9. The smallest absolute Gasteiger partial charge is 0.121 e. The van der Waals surface area contributed by atoms with Crippen LogP contribution >= 0.6 is 0 Å². The standard InChI is InChI=1S/2C23H27N3/c2*1-2-6-17(7-3-1)14-18-10-11-22-19(15-18)12-13-26(22)16-23-24-20-8-4-5-9-21(20)25-23/h2*1-9,18-19,22H,10-16H2,(H,24,25). The number of nitrogens with one attached hydrogen (secondary N) is 2. The van der Waals surface area contributed by atoms with E-state index in [2.05, 4.69) is 129 Å². The number of likely N-dealkylation sites (tertiary alicyclic amines) is 2. The summed E-state index contributed by atoms with van der Waals surface area (Å²) in [5, 5.41) is 0. The maximum atomic E-state index is 4.79. The number of rotatable bonds is 8. The van der Waals surface area contributed by atoms with E-state index < -0.39 is 0 Å². The van der Waals surface area contributed by atoms with Gasteiger partial charge in [-0.1, -0.05) is 84.9 Å². The number of fused-ring (bicyclic) bond motifs is 4. The Kier molecular flexibility index (Phi) is 9.93. The van der Waals surface area contributed by atoms with Crippen molar-refractivity contribution in [1.82, 2.24) is 29.7 Å². The lowest BCUT2D eigenvalue weighted by Crippen LogP contribution is -2.37. The number of para-hydroxylation sites is 4. The van der Waals surface area contributed by atoms with Crippen molar-refractivity contribution in [2.45, 2.75) is 89.4 Å². The number of H-pyrrole nitrogens is 2. The van der Waals surface area contributed by atoms with Gasteiger partial charge >= 0.3 is 0 Å². The van der Waals surface area contributed by atoms with Gasteiger partial charge in [-0.2, -0.15) is 0 Å². The predicted molar refractivity (Wildman–Crippen MR) is 212 cm³/mol. The summed E-state index contributed by atoms with van der Waals surface area (Å²) in [5.74, 6) is 5.73. The van der Waals surface area contributed by atoms with Crippen molar-refractivity contribution in [2.24, 2.45) is 23.7 Å². The van der Waals surface area contributed by atoms with Crippen LogP contribution in [0.3, 0.4) is 0 Å². The Bertz CT molecular complexity index is 1820. The van der Waals surface area contributed by atoms with Crippen LogP contribution in [0.5, 0.6) is 0 Å². The monoisotopic (exact) mass is 690 g/mol. The van der Waals surface area contributed by atoms with Crippen LogP contribution in [-0.2, 0) is 25.9 Å². The average Bonchev–Trinajstić information content (AvgIpc) is 3.98. The minimum absolute atomic E-state index is 0.759. The first kappa shape index (κ1) is 33.6. The van der Waals surface area contributed by atoms with Gasteiger partial charge in [-0.25, -0.2) is 9.97 Å². The number of hydrogen-bond acceptors (Lipinski definition) is 4. The van der Waals surface area contributed by atoms with Gasteiger partial charge in [0.1, 0.15) is 11.6 Å². The number of imidazole rings is 2. The van der Waals surface area contributed by atoms with Gasteiger partial charge in [0.2, 0.25) is 0 Å². The van der Waals surface area contributed by atoms with Crippen molar-refractivity contribution in [3.63, 3.8) is 0 Å². The van der Waals surface area contributed by atoms with Gasteiger partial charge in [0.15, 0.2) is 0 Å². The Balaban J connectivity index is 0.000000138. The summed E-state index contributed by atoms with van der Waals surface area (Å²) in [4.78, 5) is 22.0. The molecule has 0 bridgehead atoms. The van der Waals surface area contributed by atoms with Gasteiger partial charge in [-0.05, 0) is 136 Å². The summed E-state index contributed by atoms with van der Waals surface area (Å²) in [6.07, 6.45) is 13.5. The maximum absolute atomic E-state index is 4.79. The number of aromatic nitrogens is 4. The van der Waals surface area contributed by atoms with Gasteiger partial charge in [0, 0.05) is 12.1 Å². The van der Waals surface area contributed by atoms with E-state index in [0.29, 0.717) is 0 Å². The van der Waals surface area contributed by atoms with Crippen LogP contribution in [0.4, 0.5) is 0 Å². The lowest BCUT2D eigenvalue weighted by Gasteiger charge is -2.35. The fraction of sp³-hybridized carbons (Fsp3) is 0.435. The first-order valence-corrected chi connectivity index (χ1v) is 20.1. The zero-order chi connectivity index (χ0) is 34.7. The molecule has 268 valence electrons. The van der Waals surface area contributed by atoms with Crippen molar-refractivity contribution >= 4 is 22.1 Å². The van der Waals surface area contributed by atoms with E-state index in [1.165, 1.54) is 88.4 Å². The third kappa shape index (κ3) is 7.60. The molecule has 6 nitrogen and oxygen atoms in total. The fourth-order valence-corrected chi connectivity index (χ4v) is 10.5. The second-order valence-electron chi connectivity index (χ2n) is 16.3. The molecular weight excluding hydrogens is 637 g/mol. The number of hydrogen-bond donors (Lipinski definition) is 2. The number of aromatic amines is 2. The van der Waals surface area contributed by atoms with E-state index in [4.69, 9.17) is 9.97 Å². The highest BCUT2D eigenvalue weighted by Crippen LogP contribution is 2.42. The molecule has 6 heteroatoms. The highest BCUT2D eigenvalue weighted by atomic mass is 15.2. The molecule has 6 aromatic rings. The minimum Gasteiger partial charge on any atom is -0.341 e. The van der Waals surface area contributed by atoms with Gasteiger partial charge < -0.3 is 9.97 Å². The van der Waals surface area contributed by atoms with E-state index in [1.807, 2.05) is 0 Å². The first-order chi connectivity index (χ1) is 25.7. The van der Waals surface area contributed by atoms with E-state index in [9.17, 15) is 0 Å². The SMILES string of the molecule is c1ccc(CC2CCC3C(CCN3Cc3nc4ccccc4[nH]3)C2)cc1.c1ccc(CC2CCC3C(CCN3Cc3nc4ccccc4[nH]3)C2)cc1. The average molecular weight is 691 g/mol. The van der Waals surface area contributed by atoms with E-state index >= 15 is 0 Å². The Morgan fingerprint density at radius 2 is 0.904 bits per heavy atom. The van der Waals surface area contributed by atoms with Crippen molar-refractivity contribution in [2.75, 3.05) is 13.1 Å². The lowest BCUT2D eigenvalue weighted by molar-refractivity contribution is 0.144. The summed E-state index contributed by atoms with van der Waals surface area (Å²) in [7, 11) is 0. The molecule has 2 aliphatic carbocycles. The molecule has 4 aromatic carbocycles. The van der Waals surface area contributed by atoms with E-state index in [0.717, 1.165) is 82.6 Å². The summed E-state index contributed by atoms with van der Waals surface area (Å²) in [5.41, 5.74) is 7.51. The molecule has 6 unspecified atom stereocenters. The molecule has 4 heterocycles. The van der Waals surface area contributed by atoms with Crippen LogP contribution in [0.2, 0.25) is 0 Å². The molecule has 0 spiro atoms. The second-order valence-corrected chi connectivity index (χ2v) is 16.3. The molecular formula is C46H54N6. The molecule has 4 fully saturated rings. The van der Waals surface area contributed by atoms with Crippen LogP contribution in [0.1, 0.15) is 74.1 Å². The Hall–Kier alpha value is -4.26. The van der Waals surface area contributed by atoms with Gasteiger partial charge in [0.05, 0.1) is 35.2 Å². The Morgan fingerprint density at radius 3 is 1.35 bits per heavy atom. The minimum atomic E-state index is 0.759. The largest absolute Gasteiger partial charge is 0.341 e. The second kappa shape index (κ2) is 15.4. The highest BCUT2D eigenvalue weighted by Gasteiger charge is 2.40. The molecule has 10 rings (SSSR count). The first-order valence-electron chi connectivity index (χ1n) is 20.1. The quantitative estimate of drug-likeness (QED) is 0.167. The zero-order valence-electron chi connectivity index (χ0n) is 30.5. The summed E-state index contributed by atoms with van der Waals surface area (Å²) in [6, 6.07) is 40.3. The van der Waals surface area contributed by atoms with Crippen molar-refractivity contribution in [3.05, 3.63) is 132 Å². The van der Waals surface area contributed by atoms with E-state index in [-0.39, 0.29) is 0 Å². The van der Waals surface area contributed by atoms with Crippen LogP contribution in [0.25, 0.3) is 22.1 Å². The fourth-order valence-electron chi connectivity index (χ4n) is 10.5. The lowest BCUT2D eigenvalue weighted by atomic mass is 9.76. The molecule has 52 heavy (non-hydrogen) atoms. The summed E-state index contributed by atoms with van der Waals surface area (Å²) >= 11 is 0. The van der Waals surface area contributed by atoms with Crippen LogP contribution in [0, 0.1) is 23.7 Å². The number of nitrogens with zero attached hydrogens (tertiary/aromatic N) is 4. The molecule has 2 saturated carbocycles. The molecule has 2 aliphatic heterocycles. The van der Waals surface area contributed by atoms with Crippen molar-refractivity contribution < 1.29 is 0 Å². The van der Waals surface area contributed by atoms with Crippen LogP contribution < -0.4 is 0 Å². The topological polar surface area (TPSA) is 63.8 Å². The third-order valence-electron chi connectivity index (χ3n) is 12.9. The maximum Gasteiger partial charge on any atom is 0.121 e. The Labute approximate surface area is 309 Å². The highest BCUT2D eigenvalue weighted by molar-refractivity contribution is 5.75. The van der Waals surface area contributed by atoms with Crippen molar-refractivity contribution in [3.8, 4) is 0 Å². The summed E-state index contributed by atoms with van der Waals surface area (Å²) < 4.78 is 0. The molecule has 2 N–H and O–H groups in total. The van der Waals surface area contributed by atoms with Crippen molar-refractivity contribution in [1.29, 1.82) is 0 Å². The molecule has 2 aromatic heterocycles. The molecule has 4 aliphatic rings. The zero-order valence-corrected chi connectivity index (χ0v) is 30.5. The van der Waals surface area contributed by atoms with E-state index in [1.54, 1.807) is 0 Å². The van der Waals surface area contributed by atoms with Crippen LogP contribution in [0.15, 0.2) is 109 Å². The summed E-state index contributed by atoms with van der Waals surface area (Å²) in [6.45, 7) is 4.40. The number of benzene rings is 4. The van der Waals surface area contributed by atoms with Crippen LogP contribution in [-0.4, -0.2) is 54.9 Å². The molecule has 6 atom stereocenters. The molecule has 0 amide bonds. The Morgan fingerprint density at radius 1 is 0.481 bits per heavy atom. The van der Waals surface area contributed by atoms with Gasteiger partial charge in [-0.3, -0.25) is 9.80 Å².